The van der Waals surface area contributed by atoms with E-state index in [-0.39, 0.29) is 23.7 Å². The Morgan fingerprint density at radius 2 is 1.79 bits per heavy atom. The summed E-state index contributed by atoms with van der Waals surface area (Å²) in [4.78, 5) is 21.6. The molecule has 0 spiro atoms. The average molecular weight is 659 g/mol. The third-order valence-electron chi connectivity index (χ3n) is 7.82. The van der Waals surface area contributed by atoms with Crippen molar-refractivity contribution in [3.05, 3.63) is 95.6 Å². The minimum absolute atomic E-state index is 0.00437. The number of aliphatic hydroxyl groups excluding tert-OH is 1. The van der Waals surface area contributed by atoms with Crippen molar-refractivity contribution in [2.24, 2.45) is 0 Å². The number of H-pyrrole nitrogens is 1. The standard InChI is InChI=1S/C34H30F2N4O4S.C2H6/c1-37-34(42)31-24-16-23(29(40(2)45(3)43)18-30(24)44-33(31)20-9-12-21(35)13-10-20)27-14-11-19(6-5-15-41)32(39-27)28-17-22-25(36)7-4-8-26(22)38-28;1-2/h4,7-14,16-18,38,41H,5-6,15H2,1-3H3,(H,37,42);1-2H3. The number of aryl methyl sites for hydroxylation is 1. The van der Waals surface area contributed by atoms with Gasteiger partial charge in [-0.15, -0.1) is 0 Å². The largest absolute Gasteiger partial charge is 0.455 e. The van der Waals surface area contributed by atoms with Crippen molar-refractivity contribution in [1.29, 1.82) is 0 Å². The third-order valence-corrected chi connectivity index (χ3v) is 8.78. The van der Waals surface area contributed by atoms with E-state index in [1.165, 1.54) is 37.4 Å². The molecule has 6 aromatic rings. The molecule has 1 unspecified atom stereocenters. The van der Waals surface area contributed by atoms with Crippen LogP contribution in [0, 0.1) is 11.6 Å². The van der Waals surface area contributed by atoms with Gasteiger partial charge >= 0.3 is 0 Å². The molecule has 0 aliphatic carbocycles. The summed E-state index contributed by atoms with van der Waals surface area (Å²) >= 11 is 0. The number of aromatic amines is 1. The van der Waals surface area contributed by atoms with Crippen LogP contribution in [0.4, 0.5) is 14.5 Å². The van der Waals surface area contributed by atoms with Crippen molar-refractivity contribution in [3.8, 4) is 34.0 Å². The Labute approximate surface area is 274 Å². The van der Waals surface area contributed by atoms with Crippen LogP contribution < -0.4 is 9.62 Å². The van der Waals surface area contributed by atoms with Crippen LogP contribution in [0.15, 0.2) is 77.2 Å². The molecule has 0 saturated heterocycles. The summed E-state index contributed by atoms with van der Waals surface area (Å²) < 4.78 is 48.9. The van der Waals surface area contributed by atoms with Crippen molar-refractivity contribution >= 4 is 44.5 Å². The van der Waals surface area contributed by atoms with Gasteiger partial charge < -0.3 is 19.8 Å². The van der Waals surface area contributed by atoms with E-state index in [1.807, 2.05) is 26.0 Å². The van der Waals surface area contributed by atoms with E-state index in [9.17, 15) is 22.9 Å². The second kappa shape index (κ2) is 14.3. The van der Waals surface area contributed by atoms with Crippen LogP contribution in [0.2, 0.25) is 0 Å². The molecular weight excluding hydrogens is 622 g/mol. The molecule has 244 valence electrons. The fourth-order valence-corrected chi connectivity index (χ4v) is 5.91. The van der Waals surface area contributed by atoms with Crippen molar-refractivity contribution in [2.75, 3.05) is 31.3 Å². The van der Waals surface area contributed by atoms with Crippen LogP contribution in [0.3, 0.4) is 0 Å². The van der Waals surface area contributed by atoms with E-state index in [1.54, 1.807) is 47.9 Å². The van der Waals surface area contributed by atoms with Crippen molar-refractivity contribution < 1.29 is 27.3 Å². The summed E-state index contributed by atoms with van der Waals surface area (Å²) in [5.41, 5.74) is 5.43. The maximum absolute atomic E-state index is 14.6. The monoisotopic (exact) mass is 658 g/mol. The van der Waals surface area contributed by atoms with E-state index >= 15 is 0 Å². The fourth-order valence-electron chi connectivity index (χ4n) is 5.48. The molecule has 11 heteroatoms. The minimum atomic E-state index is -1.43. The van der Waals surface area contributed by atoms with E-state index in [4.69, 9.17) is 9.40 Å². The first kappa shape index (κ1) is 33.5. The fraction of sp³-hybridized carbons (Fsp3) is 0.222. The summed E-state index contributed by atoms with van der Waals surface area (Å²) in [6.45, 7) is 4.00. The summed E-state index contributed by atoms with van der Waals surface area (Å²) in [5.74, 6) is -0.912. The molecule has 0 saturated carbocycles. The lowest BCUT2D eigenvalue weighted by Crippen LogP contribution is -2.20. The van der Waals surface area contributed by atoms with Gasteiger partial charge in [-0.25, -0.2) is 18.0 Å². The number of furan rings is 1. The van der Waals surface area contributed by atoms with E-state index < -0.39 is 22.7 Å². The molecule has 3 aromatic heterocycles. The first-order valence-corrected chi connectivity index (χ1v) is 16.8. The molecule has 1 atom stereocenters. The van der Waals surface area contributed by atoms with Gasteiger partial charge in [-0.1, -0.05) is 26.0 Å². The Bertz CT molecular complexity index is 2090. The number of rotatable bonds is 9. The molecule has 8 nitrogen and oxygen atoms in total. The number of hydrogen-bond donors (Lipinski definition) is 3. The molecular formula is C36H36F2N4O4S. The molecule has 47 heavy (non-hydrogen) atoms. The van der Waals surface area contributed by atoms with Gasteiger partial charge in [0.1, 0.15) is 34.0 Å². The van der Waals surface area contributed by atoms with Crippen LogP contribution in [0.5, 0.6) is 0 Å². The molecule has 0 radical (unpaired) electrons. The van der Waals surface area contributed by atoms with Crippen molar-refractivity contribution in [2.45, 2.75) is 26.7 Å². The van der Waals surface area contributed by atoms with Crippen LogP contribution in [-0.2, 0) is 17.4 Å². The number of carbonyl (C=O) groups is 1. The van der Waals surface area contributed by atoms with Crippen LogP contribution in [0.25, 0.3) is 55.8 Å². The van der Waals surface area contributed by atoms with E-state index in [0.29, 0.717) is 68.6 Å². The predicted molar refractivity (Wildman–Crippen MR) is 185 cm³/mol. The van der Waals surface area contributed by atoms with Gasteiger partial charge in [0.2, 0.25) is 0 Å². The highest BCUT2D eigenvalue weighted by atomic mass is 32.2. The molecule has 1 amide bonds. The van der Waals surface area contributed by atoms with Gasteiger partial charge in [-0.2, -0.15) is 0 Å². The highest BCUT2D eigenvalue weighted by Crippen LogP contribution is 2.41. The topological polar surface area (TPSA) is 111 Å². The first-order valence-electron chi connectivity index (χ1n) is 15.2. The summed E-state index contributed by atoms with van der Waals surface area (Å²) in [6.07, 6.45) is 2.59. The molecule has 0 aliphatic rings. The number of benzene rings is 3. The van der Waals surface area contributed by atoms with Crippen LogP contribution in [-0.4, -0.2) is 52.1 Å². The van der Waals surface area contributed by atoms with E-state index in [0.717, 1.165) is 5.56 Å². The lowest BCUT2D eigenvalue weighted by Gasteiger charge is -2.20. The summed E-state index contributed by atoms with van der Waals surface area (Å²) in [5, 5.41) is 13.1. The maximum atomic E-state index is 14.6. The normalized spacial score (nSPS) is 11.7. The van der Waals surface area contributed by atoms with Gasteiger partial charge in [0, 0.05) is 60.4 Å². The third kappa shape index (κ3) is 6.54. The lowest BCUT2D eigenvalue weighted by molar-refractivity contribution is 0.0964. The quantitative estimate of drug-likeness (QED) is 0.148. The number of nitrogens with one attached hydrogen (secondary N) is 2. The predicted octanol–water partition coefficient (Wildman–Crippen LogP) is 7.63. The highest BCUT2D eigenvalue weighted by Gasteiger charge is 2.26. The van der Waals surface area contributed by atoms with E-state index in [2.05, 4.69) is 10.3 Å². The van der Waals surface area contributed by atoms with Gasteiger partial charge in [0.15, 0.2) is 0 Å². The lowest BCUT2D eigenvalue weighted by atomic mass is 9.99. The number of pyridine rings is 1. The SMILES string of the molecule is CC.CNC(=O)c1c(-c2ccc(F)cc2)oc2cc(N(C)S(C)=O)c(-c3ccc(CCCO)c(-c4cc5c(F)cccc5[nH]4)n3)cc12. The Morgan fingerprint density at radius 3 is 2.45 bits per heavy atom. The number of nitrogens with zero attached hydrogens (tertiary/aromatic N) is 2. The molecule has 0 aliphatic heterocycles. The summed E-state index contributed by atoms with van der Waals surface area (Å²) in [7, 11) is 1.76. The van der Waals surface area contributed by atoms with Gasteiger partial charge in [-0.05, 0) is 73.0 Å². The molecule has 0 bridgehead atoms. The summed E-state index contributed by atoms with van der Waals surface area (Å²) in [6, 6.07) is 19.4. The Morgan fingerprint density at radius 1 is 1.04 bits per heavy atom. The highest BCUT2D eigenvalue weighted by molar-refractivity contribution is 7.85. The number of carbonyl (C=O) groups excluding carboxylic acids is 1. The zero-order valence-corrected chi connectivity index (χ0v) is 27.6. The zero-order valence-electron chi connectivity index (χ0n) is 26.8. The molecule has 3 aromatic carbocycles. The number of anilines is 1. The Hall–Kier alpha value is -4.87. The number of fused-ring (bicyclic) bond motifs is 2. The smallest absolute Gasteiger partial charge is 0.255 e. The molecule has 6 rings (SSSR count). The zero-order chi connectivity index (χ0) is 33.8. The van der Waals surface area contributed by atoms with Gasteiger partial charge in [0.05, 0.1) is 28.3 Å². The number of hydrogen-bond acceptors (Lipinski definition) is 5. The molecule has 3 heterocycles. The number of aromatic nitrogens is 2. The molecule has 3 N–H and O–H groups in total. The van der Waals surface area contributed by atoms with Crippen molar-refractivity contribution in [3.63, 3.8) is 0 Å². The number of halogens is 2. The van der Waals surface area contributed by atoms with Crippen LogP contribution >= 0.6 is 0 Å². The van der Waals surface area contributed by atoms with Crippen molar-refractivity contribution in [1.82, 2.24) is 15.3 Å². The second-order valence-corrected chi connectivity index (χ2v) is 12.0. The minimum Gasteiger partial charge on any atom is -0.455 e. The van der Waals surface area contributed by atoms with Crippen LogP contribution in [0.1, 0.15) is 36.2 Å². The first-order chi connectivity index (χ1) is 22.7. The molecule has 0 fully saturated rings. The van der Waals surface area contributed by atoms with Gasteiger partial charge in [0.25, 0.3) is 5.91 Å². The Kier molecular flexibility index (Phi) is 10.2. The van der Waals surface area contributed by atoms with Gasteiger partial charge in [-0.3, -0.25) is 9.10 Å². The Balaban J connectivity index is 0.00000213. The second-order valence-electron chi connectivity index (χ2n) is 10.6. The number of aliphatic hydroxyl groups is 1. The number of amides is 1. The maximum Gasteiger partial charge on any atom is 0.255 e. The average Bonchev–Trinajstić information content (AvgIpc) is 3.70.